The largest absolute Gasteiger partial charge is 0.467 e. The van der Waals surface area contributed by atoms with E-state index in [1.54, 1.807) is 24.5 Å². The minimum atomic E-state index is -2.07. The lowest BCUT2D eigenvalue weighted by atomic mass is 10.0. The van der Waals surface area contributed by atoms with Crippen LogP contribution in [0.4, 0.5) is 5.69 Å². The molecule has 1 aromatic heterocycles. The zero-order valence-corrected chi connectivity index (χ0v) is 14.1. The molecular formula is C16H17N3O4S. The third-order valence-corrected chi connectivity index (χ3v) is 4.58. The monoisotopic (exact) mass is 347 g/mol. The van der Waals surface area contributed by atoms with Gasteiger partial charge in [-0.15, -0.1) is 0 Å². The van der Waals surface area contributed by atoms with Gasteiger partial charge in [-0.05, 0) is 29.8 Å². The second-order valence-electron chi connectivity index (χ2n) is 5.42. The first-order valence-corrected chi connectivity index (χ1v) is 8.39. The summed E-state index contributed by atoms with van der Waals surface area (Å²) in [5, 5.41) is 5.85. The van der Waals surface area contributed by atoms with Gasteiger partial charge in [0.05, 0.1) is 17.7 Å². The van der Waals surface area contributed by atoms with E-state index in [9.17, 15) is 9.00 Å². The minimum absolute atomic E-state index is 0.154. The number of furan rings is 1. The van der Waals surface area contributed by atoms with Crippen LogP contribution in [-0.2, 0) is 16.1 Å². The first-order valence-electron chi connectivity index (χ1n) is 7.33. The van der Waals surface area contributed by atoms with Gasteiger partial charge in [0.1, 0.15) is 11.8 Å². The number of hydrogen-bond acceptors (Lipinski definition) is 4. The highest BCUT2D eigenvalue weighted by molar-refractivity contribution is 7.80. The molecule has 2 atom stereocenters. The average molecular weight is 347 g/mol. The molecule has 7 nitrogen and oxygen atoms in total. The molecule has 1 aliphatic rings. The Kier molecular flexibility index (Phi) is 4.50. The number of anilines is 1. The molecule has 0 radical (unpaired) electrons. The van der Waals surface area contributed by atoms with E-state index in [1.165, 1.54) is 23.3 Å². The quantitative estimate of drug-likeness (QED) is 0.861. The Hall–Kier alpha value is -2.45. The first-order chi connectivity index (χ1) is 11.5. The normalized spacial score (nSPS) is 18.4. The smallest absolute Gasteiger partial charge is 0.261 e. The summed E-state index contributed by atoms with van der Waals surface area (Å²) in [7, 11) is 1.53. The lowest BCUT2D eigenvalue weighted by Crippen LogP contribution is -2.23. The molecule has 0 aliphatic carbocycles. The van der Waals surface area contributed by atoms with E-state index in [-0.39, 0.29) is 11.9 Å². The molecule has 0 bridgehead atoms. The lowest BCUT2D eigenvalue weighted by Gasteiger charge is -2.17. The number of amides is 1. The Balaban J connectivity index is 1.85. The van der Waals surface area contributed by atoms with E-state index < -0.39 is 11.3 Å². The highest BCUT2D eigenvalue weighted by Crippen LogP contribution is 2.33. The number of hydrazone groups is 1. The van der Waals surface area contributed by atoms with Gasteiger partial charge in [-0.25, -0.2) is 9.22 Å². The van der Waals surface area contributed by atoms with E-state index in [0.29, 0.717) is 17.9 Å². The van der Waals surface area contributed by atoms with Crippen molar-refractivity contribution in [3.63, 3.8) is 0 Å². The number of carbonyl (C=O) groups is 1. The average Bonchev–Trinajstić information content (AvgIpc) is 3.23. The fourth-order valence-corrected chi connectivity index (χ4v) is 2.93. The van der Waals surface area contributed by atoms with Crippen LogP contribution in [0.5, 0.6) is 0 Å². The first kappa shape index (κ1) is 16.4. The van der Waals surface area contributed by atoms with Crippen LogP contribution in [0.2, 0.25) is 0 Å². The highest BCUT2D eigenvalue weighted by Gasteiger charge is 2.33. The van der Waals surface area contributed by atoms with Crippen LogP contribution in [0.1, 0.15) is 30.7 Å². The van der Waals surface area contributed by atoms with Crippen molar-refractivity contribution in [2.24, 2.45) is 5.10 Å². The molecule has 1 aromatic carbocycles. The van der Waals surface area contributed by atoms with Crippen molar-refractivity contribution in [1.29, 1.82) is 0 Å². The van der Waals surface area contributed by atoms with Gasteiger partial charge in [0.15, 0.2) is 0 Å². The van der Waals surface area contributed by atoms with Crippen LogP contribution in [0.3, 0.4) is 0 Å². The molecule has 8 heteroatoms. The summed E-state index contributed by atoms with van der Waals surface area (Å²) in [6.45, 7) is 1.47. The molecular weight excluding hydrogens is 330 g/mol. The van der Waals surface area contributed by atoms with E-state index in [2.05, 4.69) is 5.10 Å². The van der Waals surface area contributed by atoms with Gasteiger partial charge < -0.3 is 4.42 Å². The van der Waals surface area contributed by atoms with Gasteiger partial charge in [-0.1, -0.05) is 12.1 Å². The Morgan fingerprint density at radius 3 is 2.62 bits per heavy atom. The molecule has 2 aromatic rings. The van der Waals surface area contributed by atoms with E-state index in [1.807, 2.05) is 18.2 Å². The maximum Gasteiger partial charge on any atom is 0.261 e. The predicted molar refractivity (Wildman–Crippen MR) is 90.7 cm³/mol. The number of carbonyl (C=O) groups excluding carboxylic acids is 1. The molecule has 0 saturated carbocycles. The van der Waals surface area contributed by atoms with Crippen LogP contribution in [-0.4, -0.2) is 32.4 Å². The van der Waals surface area contributed by atoms with Crippen LogP contribution in [0, 0.1) is 0 Å². The van der Waals surface area contributed by atoms with Crippen molar-refractivity contribution in [2.75, 3.05) is 11.4 Å². The molecule has 3 rings (SSSR count). The summed E-state index contributed by atoms with van der Waals surface area (Å²) in [5.74, 6) is 0.536. The number of hydrogen-bond donors (Lipinski definition) is 1. The lowest BCUT2D eigenvalue weighted by molar-refractivity contribution is -0.130. The Labute approximate surface area is 142 Å². The van der Waals surface area contributed by atoms with Gasteiger partial charge in [0.2, 0.25) is 5.91 Å². The second-order valence-corrected chi connectivity index (χ2v) is 6.43. The van der Waals surface area contributed by atoms with Crippen molar-refractivity contribution < 1.29 is 18.0 Å². The third-order valence-electron chi connectivity index (χ3n) is 3.90. The van der Waals surface area contributed by atoms with Gasteiger partial charge in [-0.3, -0.25) is 13.7 Å². The van der Waals surface area contributed by atoms with E-state index >= 15 is 0 Å². The second kappa shape index (κ2) is 6.58. The van der Waals surface area contributed by atoms with Crippen LogP contribution < -0.4 is 4.31 Å². The number of benzene rings is 1. The Morgan fingerprint density at radius 1 is 1.38 bits per heavy atom. The summed E-state index contributed by atoms with van der Waals surface area (Å²) < 4.78 is 26.9. The molecule has 24 heavy (non-hydrogen) atoms. The molecule has 0 fully saturated rings. The van der Waals surface area contributed by atoms with E-state index in [0.717, 1.165) is 11.3 Å². The minimum Gasteiger partial charge on any atom is -0.467 e. The van der Waals surface area contributed by atoms with Crippen LogP contribution >= 0.6 is 0 Å². The van der Waals surface area contributed by atoms with Crippen LogP contribution in [0.15, 0.2) is 52.2 Å². The van der Waals surface area contributed by atoms with Gasteiger partial charge in [0, 0.05) is 20.4 Å². The fraction of sp³-hybridized carbons (Fsp3) is 0.250. The molecule has 2 unspecified atom stereocenters. The molecule has 0 spiro atoms. The van der Waals surface area contributed by atoms with Crippen molar-refractivity contribution >= 4 is 28.6 Å². The summed E-state index contributed by atoms with van der Waals surface area (Å²) in [5.41, 5.74) is 2.24. The van der Waals surface area contributed by atoms with Crippen LogP contribution in [0.25, 0.3) is 0 Å². The Bertz CT molecular complexity index is 786. The molecule has 1 N–H and O–H groups in total. The maximum atomic E-state index is 11.9. The van der Waals surface area contributed by atoms with Crippen molar-refractivity contribution in [3.8, 4) is 0 Å². The molecule has 2 heterocycles. The fourth-order valence-electron chi connectivity index (χ4n) is 2.63. The molecule has 126 valence electrons. The van der Waals surface area contributed by atoms with Crippen molar-refractivity contribution in [1.82, 2.24) is 5.01 Å². The van der Waals surface area contributed by atoms with Gasteiger partial charge in [-0.2, -0.15) is 5.10 Å². The highest BCUT2D eigenvalue weighted by atomic mass is 32.2. The maximum absolute atomic E-state index is 11.9. The van der Waals surface area contributed by atoms with Gasteiger partial charge in [0.25, 0.3) is 11.3 Å². The molecule has 1 amide bonds. The topological polar surface area (TPSA) is 86.4 Å². The summed E-state index contributed by atoms with van der Waals surface area (Å²) in [6.07, 6.45) is 2.12. The predicted octanol–water partition coefficient (Wildman–Crippen LogP) is 2.55. The third kappa shape index (κ3) is 3.10. The standard InChI is InChI=1S/C16H17N3O4S/c1-11(20)19-15(16-4-3-9-23-16)10-14(17-19)12-5-7-13(8-6-12)18(2)24(21)22/h3-9,15H,10H2,1-2H3,(H,21,22). The SMILES string of the molecule is CC(=O)N1N=C(c2ccc(N(C)S(=O)O)cc2)CC1c1ccco1. The summed E-state index contributed by atoms with van der Waals surface area (Å²) >= 11 is -2.07. The van der Waals surface area contributed by atoms with Gasteiger partial charge >= 0.3 is 0 Å². The summed E-state index contributed by atoms with van der Waals surface area (Å²) in [6, 6.07) is 10.5. The number of rotatable bonds is 4. The zero-order chi connectivity index (χ0) is 17.3. The summed E-state index contributed by atoms with van der Waals surface area (Å²) in [4.78, 5) is 11.9. The molecule has 1 aliphatic heterocycles. The zero-order valence-electron chi connectivity index (χ0n) is 13.2. The molecule has 0 saturated heterocycles. The van der Waals surface area contributed by atoms with Crippen molar-refractivity contribution in [3.05, 3.63) is 54.0 Å². The number of nitrogens with zero attached hydrogens (tertiary/aromatic N) is 3. The van der Waals surface area contributed by atoms with E-state index in [4.69, 9.17) is 8.97 Å². The van der Waals surface area contributed by atoms with Crippen molar-refractivity contribution in [2.45, 2.75) is 19.4 Å². The Morgan fingerprint density at radius 2 is 2.08 bits per heavy atom.